The van der Waals surface area contributed by atoms with Crippen LogP contribution in [0.5, 0.6) is 5.75 Å². The molecule has 1 aromatic carbocycles. The van der Waals surface area contributed by atoms with Crippen molar-refractivity contribution in [2.45, 2.75) is 45.2 Å². The predicted octanol–water partition coefficient (Wildman–Crippen LogP) is 3.36. The number of hydrogen-bond donors (Lipinski definition) is 1. The van der Waals surface area contributed by atoms with E-state index in [9.17, 15) is 0 Å². The Morgan fingerprint density at radius 2 is 2.00 bits per heavy atom. The van der Waals surface area contributed by atoms with Gasteiger partial charge in [0.2, 0.25) is 0 Å². The molecule has 0 radical (unpaired) electrons. The second-order valence-corrected chi connectivity index (χ2v) is 5.06. The molecular weight excluding hydrogens is 210 g/mol. The summed E-state index contributed by atoms with van der Waals surface area (Å²) in [6, 6.07) is 8.93. The quantitative estimate of drug-likeness (QED) is 0.861. The summed E-state index contributed by atoms with van der Waals surface area (Å²) < 4.78 is 5.37. The lowest BCUT2D eigenvalue weighted by Crippen LogP contribution is -2.36. The van der Waals surface area contributed by atoms with Crippen LogP contribution in [-0.2, 0) is 6.54 Å². The highest BCUT2D eigenvalue weighted by atomic mass is 16.5. The minimum absolute atomic E-state index is 0.675. The van der Waals surface area contributed by atoms with Crippen molar-refractivity contribution < 1.29 is 4.74 Å². The van der Waals surface area contributed by atoms with Gasteiger partial charge in [0, 0.05) is 18.2 Å². The van der Waals surface area contributed by atoms with Crippen LogP contribution in [0.3, 0.4) is 0 Å². The van der Waals surface area contributed by atoms with Crippen molar-refractivity contribution in [3.63, 3.8) is 0 Å². The summed E-state index contributed by atoms with van der Waals surface area (Å²) in [5, 5.41) is 3.68. The first-order valence-corrected chi connectivity index (χ1v) is 6.66. The van der Waals surface area contributed by atoms with E-state index in [1.165, 1.54) is 31.2 Å². The lowest BCUT2D eigenvalue weighted by molar-refractivity contribution is 0.278. The van der Waals surface area contributed by atoms with Gasteiger partial charge in [0.1, 0.15) is 5.75 Å². The molecule has 1 aliphatic carbocycles. The van der Waals surface area contributed by atoms with Crippen molar-refractivity contribution in [2.24, 2.45) is 5.92 Å². The summed E-state index contributed by atoms with van der Waals surface area (Å²) in [5.74, 6) is 1.79. The Morgan fingerprint density at radius 1 is 1.24 bits per heavy atom. The Kier molecular flexibility index (Phi) is 4.43. The molecule has 0 unspecified atom stereocenters. The average Bonchev–Trinajstić information content (AvgIpc) is 2.38. The lowest BCUT2D eigenvalue weighted by atomic mass is 9.86. The second kappa shape index (κ2) is 6.06. The number of nitrogens with one attached hydrogen (secondary N) is 1. The zero-order chi connectivity index (χ0) is 12.1. The fourth-order valence-corrected chi connectivity index (χ4v) is 2.71. The number of ether oxygens (including phenoxy) is 1. The molecule has 2 rings (SSSR count). The maximum atomic E-state index is 5.37. The Hall–Kier alpha value is -1.02. The molecule has 2 nitrogen and oxygen atoms in total. The number of hydrogen-bond acceptors (Lipinski definition) is 2. The van der Waals surface area contributed by atoms with E-state index >= 15 is 0 Å². The zero-order valence-corrected chi connectivity index (χ0v) is 10.9. The van der Waals surface area contributed by atoms with Gasteiger partial charge in [-0.3, -0.25) is 0 Å². The van der Waals surface area contributed by atoms with Crippen LogP contribution in [0, 0.1) is 5.92 Å². The fraction of sp³-hybridized carbons (Fsp3) is 0.600. The molecule has 0 amide bonds. The summed E-state index contributed by atoms with van der Waals surface area (Å²) in [6.45, 7) is 3.28. The summed E-state index contributed by atoms with van der Waals surface area (Å²) in [5.41, 5.74) is 1.26. The highest BCUT2D eigenvalue weighted by molar-refractivity contribution is 5.33. The minimum Gasteiger partial charge on any atom is -0.496 e. The van der Waals surface area contributed by atoms with Gasteiger partial charge < -0.3 is 10.1 Å². The van der Waals surface area contributed by atoms with Crippen LogP contribution in [-0.4, -0.2) is 13.2 Å². The molecule has 1 aliphatic rings. The number of benzene rings is 1. The first-order valence-electron chi connectivity index (χ1n) is 6.66. The molecule has 2 atom stereocenters. The fourth-order valence-electron chi connectivity index (χ4n) is 2.71. The standard InChI is InChI=1S/C15H23NO/c1-12-7-3-5-9-14(12)16-11-13-8-4-6-10-15(13)17-2/h4,6,8,10,12,14,16H,3,5,7,9,11H2,1-2H3/t12-,14-/m1/s1. The van der Waals surface area contributed by atoms with Crippen LogP contribution in [0.1, 0.15) is 38.2 Å². The molecule has 17 heavy (non-hydrogen) atoms. The minimum atomic E-state index is 0.675. The first kappa shape index (κ1) is 12.4. The van der Waals surface area contributed by atoms with Gasteiger partial charge in [-0.05, 0) is 24.8 Å². The van der Waals surface area contributed by atoms with Gasteiger partial charge in [0.15, 0.2) is 0 Å². The molecule has 1 fully saturated rings. The highest BCUT2D eigenvalue weighted by Crippen LogP contribution is 2.25. The Bertz CT molecular complexity index is 351. The van der Waals surface area contributed by atoms with E-state index in [-0.39, 0.29) is 0 Å². The van der Waals surface area contributed by atoms with Gasteiger partial charge in [-0.25, -0.2) is 0 Å². The first-order chi connectivity index (χ1) is 8.31. The smallest absolute Gasteiger partial charge is 0.123 e. The molecule has 2 heteroatoms. The van der Waals surface area contributed by atoms with Crippen molar-refractivity contribution in [2.75, 3.05) is 7.11 Å². The molecule has 0 spiro atoms. The van der Waals surface area contributed by atoms with Gasteiger partial charge in [-0.2, -0.15) is 0 Å². The monoisotopic (exact) mass is 233 g/mol. The van der Waals surface area contributed by atoms with E-state index < -0.39 is 0 Å². The number of rotatable bonds is 4. The van der Waals surface area contributed by atoms with Gasteiger partial charge >= 0.3 is 0 Å². The Labute approximate surface area is 104 Å². The van der Waals surface area contributed by atoms with Crippen LogP contribution < -0.4 is 10.1 Å². The van der Waals surface area contributed by atoms with Crippen molar-refractivity contribution in [3.05, 3.63) is 29.8 Å². The number of methoxy groups -OCH3 is 1. The molecule has 0 heterocycles. The largest absolute Gasteiger partial charge is 0.496 e. The van der Waals surface area contributed by atoms with Gasteiger partial charge in [-0.1, -0.05) is 38.0 Å². The van der Waals surface area contributed by atoms with Crippen molar-refractivity contribution >= 4 is 0 Å². The number of para-hydroxylation sites is 1. The molecule has 0 aromatic heterocycles. The van der Waals surface area contributed by atoms with E-state index in [1.807, 2.05) is 12.1 Å². The Balaban J connectivity index is 1.92. The van der Waals surface area contributed by atoms with Crippen LogP contribution in [0.15, 0.2) is 24.3 Å². The molecule has 0 saturated heterocycles. The van der Waals surface area contributed by atoms with E-state index in [2.05, 4.69) is 24.4 Å². The van der Waals surface area contributed by atoms with Gasteiger partial charge in [-0.15, -0.1) is 0 Å². The molecule has 0 bridgehead atoms. The van der Waals surface area contributed by atoms with E-state index in [0.29, 0.717) is 6.04 Å². The van der Waals surface area contributed by atoms with E-state index in [4.69, 9.17) is 4.74 Å². The summed E-state index contributed by atoms with van der Waals surface area (Å²) in [4.78, 5) is 0. The third kappa shape index (κ3) is 3.22. The molecule has 94 valence electrons. The van der Waals surface area contributed by atoms with Crippen LogP contribution in [0.25, 0.3) is 0 Å². The maximum absolute atomic E-state index is 5.37. The molecular formula is C15H23NO. The Morgan fingerprint density at radius 3 is 2.76 bits per heavy atom. The van der Waals surface area contributed by atoms with E-state index in [0.717, 1.165) is 18.2 Å². The van der Waals surface area contributed by atoms with Crippen molar-refractivity contribution in [3.8, 4) is 5.75 Å². The van der Waals surface area contributed by atoms with Crippen LogP contribution in [0.2, 0.25) is 0 Å². The summed E-state index contributed by atoms with van der Waals surface area (Å²) >= 11 is 0. The summed E-state index contributed by atoms with van der Waals surface area (Å²) in [7, 11) is 1.74. The highest BCUT2D eigenvalue weighted by Gasteiger charge is 2.20. The van der Waals surface area contributed by atoms with Gasteiger partial charge in [0.25, 0.3) is 0 Å². The van der Waals surface area contributed by atoms with Crippen LogP contribution in [0.4, 0.5) is 0 Å². The normalized spacial score (nSPS) is 24.6. The van der Waals surface area contributed by atoms with Crippen molar-refractivity contribution in [1.82, 2.24) is 5.32 Å². The molecule has 1 N–H and O–H groups in total. The third-order valence-corrected chi connectivity index (χ3v) is 3.86. The average molecular weight is 233 g/mol. The van der Waals surface area contributed by atoms with Crippen molar-refractivity contribution in [1.29, 1.82) is 0 Å². The third-order valence-electron chi connectivity index (χ3n) is 3.86. The topological polar surface area (TPSA) is 21.3 Å². The maximum Gasteiger partial charge on any atom is 0.123 e. The SMILES string of the molecule is COc1ccccc1CN[C@@H]1CCCC[C@H]1C. The zero-order valence-electron chi connectivity index (χ0n) is 10.9. The molecule has 1 aromatic rings. The second-order valence-electron chi connectivity index (χ2n) is 5.06. The molecule has 1 saturated carbocycles. The van der Waals surface area contributed by atoms with Crippen LogP contribution >= 0.6 is 0 Å². The predicted molar refractivity (Wildman–Crippen MR) is 71.3 cm³/mol. The molecule has 0 aliphatic heterocycles. The van der Waals surface area contributed by atoms with E-state index in [1.54, 1.807) is 7.11 Å². The van der Waals surface area contributed by atoms with Gasteiger partial charge in [0.05, 0.1) is 7.11 Å². The summed E-state index contributed by atoms with van der Waals surface area (Å²) in [6.07, 6.45) is 5.45. The lowest BCUT2D eigenvalue weighted by Gasteiger charge is -2.29.